The molecule has 0 spiro atoms. The molecule has 0 aromatic heterocycles. The molecule has 1 aromatic rings. The molecule has 1 N–H and O–H groups in total. The van der Waals surface area contributed by atoms with E-state index in [9.17, 15) is 0 Å². The van der Waals surface area contributed by atoms with E-state index in [2.05, 4.69) is 11.4 Å². The van der Waals surface area contributed by atoms with Gasteiger partial charge in [-0.15, -0.1) is 0 Å². The van der Waals surface area contributed by atoms with Crippen LogP contribution in [0.15, 0.2) is 18.2 Å². The summed E-state index contributed by atoms with van der Waals surface area (Å²) >= 11 is 12.2. The lowest BCUT2D eigenvalue weighted by molar-refractivity contribution is 0.282. The van der Waals surface area contributed by atoms with E-state index in [1.807, 2.05) is 12.1 Å². The first-order chi connectivity index (χ1) is 7.74. The average molecular weight is 256 g/mol. The van der Waals surface area contributed by atoms with Crippen molar-refractivity contribution in [3.05, 3.63) is 33.8 Å². The molecule has 2 unspecified atom stereocenters. The number of hydrogen-bond donors (Lipinski definition) is 1. The third-order valence-corrected chi connectivity index (χ3v) is 4.23. The molecular weight excluding hydrogens is 241 g/mol. The fraction of sp³-hybridized carbons (Fsp3) is 0.538. The highest BCUT2D eigenvalue weighted by molar-refractivity contribution is 6.35. The van der Waals surface area contributed by atoms with Gasteiger partial charge in [-0.25, -0.2) is 0 Å². The molecule has 3 heteroatoms. The predicted octanol–water partition coefficient (Wildman–Crippen LogP) is 3.99. The molecule has 0 saturated heterocycles. The lowest BCUT2D eigenvalue weighted by atomic mass is 9.75. The first-order valence-electron chi connectivity index (χ1n) is 5.95. The van der Waals surface area contributed by atoms with Crippen LogP contribution in [0.5, 0.6) is 0 Å². The second-order valence-corrected chi connectivity index (χ2v) is 5.74. The van der Waals surface area contributed by atoms with E-state index in [1.165, 1.54) is 31.2 Å². The number of nitrogens with one attached hydrogen (secondary N) is 1. The van der Waals surface area contributed by atoms with Gasteiger partial charge in [0.2, 0.25) is 0 Å². The Hall–Kier alpha value is -0.240. The van der Waals surface area contributed by atoms with E-state index >= 15 is 0 Å². The summed E-state index contributed by atoms with van der Waals surface area (Å²) in [5.41, 5.74) is 1.26. The van der Waals surface area contributed by atoms with Crippen LogP contribution in [0.2, 0.25) is 10.0 Å². The Labute approximate surface area is 106 Å². The molecule has 0 radical (unpaired) electrons. The van der Waals surface area contributed by atoms with Crippen LogP contribution in [-0.2, 0) is 0 Å². The highest BCUT2D eigenvalue weighted by Gasteiger charge is 2.36. The van der Waals surface area contributed by atoms with Crippen LogP contribution in [0, 0.1) is 0 Å². The molecule has 0 heterocycles. The van der Waals surface area contributed by atoms with Crippen LogP contribution in [0.4, 0.5) is 0 Å². The Morgan fingerprint density at radius 1 is 1.06 bits per heavy atom. The van der Waals surface area contributed by atoms with Gasteiger partial charge in [-0.05, 0) is 43.4 Å². The second kappa shape index (κ2) is 4.21. The maximum Gasteiger partial charge on any atom is 0.0456 e. The average Bonchev–Trinajstić information content (AvgIpc) is 3.01. The number of halogens is 2. The van der Waals surface area contributed by atoms with Crippen molar-refractivity contribution < 1.29 is 0 Å². The summed E-state index contributed by atoms with van der Waals surface area (Å²) in [6.45, 7) is 0. The molecule has 2 fully saturated rings. The largest absolute Gasteiger partial charge is 0.311 e. The molecule has 2 saturated carbocycles. The van der Waals surface area contributed by atoms with Crippen molar-refractivity contribution in [3.8, 4) is 0 Å². The maximum atomic E-state index is 6.24. The van der Waals surface area contributed by atoms with E-state index in [-0.39, 0.29) is 0 Å². The van der Waals surface area contributed by atoms with Crippen molar-refractivity contribution in [2.75, 3.05) is 0 Å². The van der Waals surface area contributed by atoms with E-state index in [1.54, 1.807) is 0 Å². The van der Waals surface area contributed by atoms with Gasteiger partial charge < -0.3 is 5.32 Å². The third-order valence-electron chi connectivity index (χ3n) is 3.66. The zero-order valence-electron chi connectivity index (χ0n) is 9.05. The highest BCUT2D eigenvalue weighted by Crippen LogP contribution is 2.42. The zero-order valence-corrected chi connectivity index (χ0v) is 10.6. The molecule has 86 valence electrons. The minimum Gasteiger partial charge on any atom is -0.311 e. The fourth-order valence-corrected chi connectivity index (χ4v) is 2.98. The maximum absolute atomic E-state index is 6.24. The van der Waals surface area contributed by atoms with Crippen LogP contribution >= 0.6 is 23.2 Å². The molecule has 2 aliphatic carbocycles. The molecule has 1 nitrogen and oxygen atoms in total. The van der Waals surface area contributed by atoms with Gasteiger partial charge in [0.25, 0.3) is 0 Å². The lowest BCUT2D eigenvalue weighted by Crippen LogP contribution is -2.43. The minimum atomic E-state index is 0.588. The summed E-state index contributed by atoms with van der Waals surface area (Å²) < 4.78 is 0. The summed E-state index contributed by atoms with van der Waals surface area (Å²) in [5, 5.41) is 5.23. The Balaban J connectivity index is 1.75. The van der Waals surface area contributed by atoms with Gasteiger partial charge in [0, 0.05) is 28.0 Å². The molecule has 16 heavy (non-hydrogen) atoms. The second-order valence-electron chi connectivity index (χ2n) is 4.90. The first kappa shape index (κ1) is 10.9. The van der Waals surface area contributed by atoms with Crippen molar-refractivity contribution in [2.45, 2.75) is 43.7 Å². The predicted molar refractivity (Wildman–Crippen MR) is 68.4 cm³/mol. The van der Waals surface area contributed by atoms with Gasteiger partial charge in [0.15, 0.2) is 0 Å². The summed E-state index contributed by atoms with van der Waals surface area (Å²) in [7, 11) is 0. The minimum absolute atomic E-state index is 0.588. The molecule has 2 aliphatic rings. The van der Waals surface area contributed by atoms with E-state index < -0.39 is 0 Å². The normalized spacial score (nSPS) is 28.9. The van der Waals surface area contributed by atoms with Gasteiger partial charge >= 0.3 is 0 Å². The quantitative estimate of drug-likeness (QED) is 0.862. The molecule has 1 aromatic carbocycles. The van der Waals surface area contributed by atoms with Crippen LogP contribution in [0.1, 0.15) is 37.2 Å². The number of hydrogen-bond acceptors (Lipinski definition) is 1. The van der Waals surface area contributed by atoms with Crippen molar-refractivity contribution in [2.24, 2.45) is 0 Å². The fourth-order valence-electron chi connectivity index (χ4n) is 2.43. The molecule has 0 aliphatic heterocycles. The monoisotopic (exact) mass is 255 g/mol. The Morgan fingerprint density at radius 2 is 1.88 bits per heavy atom. The third kappa shape index (κ3) is 2.09. The van der Waals surface area contributed by atoms with E-state index in [0.717, 1.165) is 16.1 Å². The number of benzene rings is 1. The van der Waals surface area contributed by atoms with Crippen molar-refractivity contribution in [1.82, 2.24) is 5.32 Å². The van der Waals surface area contributed by atoms with Crippen molar-refractivity contribution in [3.63, 3.8) is 0 Å². The van der Waals surface area contributed by atoms with E-state index in [4.69, 9.17) is 23.2 Å². The summed E-state index contributed by atoms with van der Waals surface area (Å²) in [5.74, 6) is 0.588. The van der Waals surface area contributed by atoms with Crippen LogP contribution in [0.3, 0.4) is 0 Å². The molecule has 2 atom stereocenters. The SMILES string of the molecule is Clc1ccc(C2CCC2NC2CC2)c(Cl)c1. The summed E-state index contributed by atoms with van der Waals surface area (Å²) in [6.07, 6.45) is 5.21. The van der Waals surface area contributed by atoms with Crippen LogP contribution in [-0.4, -0.2) is 12.1 Å². The standard InChI is InChI=1S/C13H15Cl2N/c14-8-1-4-10(12(15)7-8)11-5-6-13(11)16-9-2-3-9/h1,4,7,9,11,13,16H,2-3,5-6H2. The molecular formula is C13H15Cl2N. The van der Waals surface area contributed by atoms with E-state index in [0.29, 0.717) is 12.0 Å². The lowest BCUT2D eigenvalue weighted by Gasteiger charge is -2.38. The highest BCUT2D eigenvalue weighted by atomic mass is 35.5. The summed E-state index contributed by atoms with van der Waals surface area (Å²) in [4.78, 5) is 0. The van der Waals surface area contributed by atoms with Crippen molar-refractivity contribution >= 4 is 23.2 Å². The van der Waals surface area contributed by atoms with Crippen LogP contribution in [0.25, 0.3) is 0 Å². The Morgan fingerprint density at radius 3 is 2.44 bits per heavy atom. The Bertz CT molecular complexity index is 401. The van der Waals surface area contributed by atoms with Gasteiger partial charge in [-0.2, -0.15) is 0 Å². The van der Waals surface area contributed by atoms with Gasteiger partial charge in [-0.1, -0.05) is 29.3 Å². The van der Waals surface area contributed by atoms with Gasteiger partial charge in [0.1, 0.15) is 0 Å². The molecule has 3 rings (SSSR count). The topological polar surface area (TPSA) is 12.0 Å². The zero-order chi connectivity index (χ0) is 11.1. The smallest absolute Gasteiger partial charge is 0.0456 e. The van der Waals surface area contributed by atoms with Gasteiger partial charge in [-0.3, -0.25) is 0 Å². The first-order valence-corrected chi connectivity index (χ1v) is 6.70. The van der Waals surface area contributed by atoms with Crippen molar-refractivity contribution in [1.29, 1.82) is 0 Å². The molecule has 0 amide bonds. The molecule has 0 bridgehead atoms. The van der Waals surface area contributed by atoms with Crippen LogP contribution < -0.4 is 5.32 Å². The summed E-state index contributed by atoms with van der Waals surface area (Å²) in [6, 6.07) is 7.28. The Kier molecular flexibility index (Phi) is 2.87. The number of rotatable bonds is 3. The van der Waals surface area contributed by atoms with Gasteiger partial charge in [0.05, 0.1) is 0 Å².